The summed E-state index contributed by atoms with van der Waals surface area (Å²) < 4.78 is 14.8. The second-order valence-electron chi connectivity index (χ2n) is 5.48. The number of para-hydroxylation sites is 1. The van der Waals surface area contributed by atoms with Gasteiger partial charge in [-0.05, 0) is 19.1 Å². The molecule has 128 valence electrons. The minimum atomic E-state index is -0.611. The van der Waals surface area contributed by atoms with Crippen LogP contribution in [-0.2, 0) is 0 Å². The van der Waals surface area contributed by atoms with Crippen LogP contribution < -0.4 is 10.6 Å². The van der Waals surface area contributed by atoms with Crippen molar-refractivity contribution in [2.75, 3.05) is 11.9 Å². The summed E-state index contributed by atoms with van der Waals surface area (Å²) in [6.45, 7) is 2.19. The van der Waals surface area contributed by atoms with Crippen molar-refractivity contribution < 1.29 is 9.18 Å². The van der Waals surface area contributed by atoms with E-state index in [9.17, 15) is 9.18 Å². The number of carbonyl (C=O) groups is 1. The van der Waals surface area contributed by atoms with E-state index in [1.807, 2.05) is 37.3 Å². The average Bonchev–Trinajstić information content (AvgIpc) is 3.11. The van der Waals surface area contributed by atoms with Gasteiger partial charge in [-0.3, -0.25) is 4.79 Å². The Hall–Kier alpha value is -3.29. The maximum Gasteiger partial charge on any atom is 0.271 e. The maximum absolute atomic E-state index is 13.0. The summed E-state index contributed by atoms with van der Waals surface area (Å²) in [4.78, 5) is 23.6. The zero-order valence-electron chi connectivity index (χ0n) is 13.6. The molecule has 0 saturated carbocycles. The second-order valence-corrected chi connectivity index (χ2v) is 5.48. The van der Waals surface area contributed by atoms with Crippen LogP contribution in [0, 0.1) is 5.95 Å². The van der Waals surface area contributed by atoms with Gasteiger partial charge in [-0.25, -0.2) is 15.0 Å². The van der Waals surface area contributed by atoms with Gasteiger partial charge in [0.25, 0.3) is 5.91 Å². The standard InChI is InChI=1S/C17H17FN6O/c1-12(23-16-7-15(18)20-10-21-16)8-19-17(25)14-9-24(11-22-14)13-5-3-2-4-6-13/h2-7,9-12H,8H2,1H3,(H,19,25)(H,20,21,23). The van der Waals surface area contributed by atoms with Crippen LogP contribution in [0.2, 0.25) is 0 Å². The Balaban J connectivity index is 1.55. The third kappa shape index (κ3) is 4.37. The van der Waals surface area contributed by atoms with Gasteiger partial charge in [-0.15, -0.1) is 0 Å². The molecule has 2 N–H and O–H groups in total. The fourth-order valence-corrected chi connectivity index (χ4v) is 2.23. The molecule has 1 amide bonds. The van der Waals surface area contributed by atoms with Gasteiger partial charge in [0.05, 0.1) is 0 Å². The first-order valence-electron chi connectivity index (χ1n) is 7.73. The zero-order valence-corrected chi connectivity index (χ0v) is 13.6. The minimum absolute atomic E-state index is 0.144. The van der Waals surface area contributed by atoms with Gasteiger partial charge < -0.3 is 15.2 Å². The Morgan fingerprint density at radius 1 is 1.24 bits per heavy atom. The molecule has 1 unspecified atom stereocenters. The monoisotopic (exact) mass is 340 g/mol. The Morgan fingerprint density at radius 2 is 2.04 bits per heavy atom. The average molecular weight is 340 g/mol. The molecule has 2 heterocycles. The Kier molecular flexibility index (Phi) is 4.98. The molecule has 0 saturated heterocycles. The molecule has 0 radical (unpaired) electrons. The van der Waals surface area contributed by atoms with Crippen LogP contribution in [0.15, 0.2) is 55.2 Å². The largest absolute Gasteiger partial charge is 0.366 e. The topological polar surface area (TPSA) is 84.7 Å². The summed E-state index contributed by atoms with van der Waals surface area (Å²) in [6.07, 6.45) is 4.40. The molecule has 7 nitrogen and oxygen atoms in total. The summed E-state index contributed by atoms with van der Waals surface area (Å²) in [5, 5.41) is 5.77. The van der Waals surface area contributed by atoms with Crippen molar-refractivity contribution in [1.29, 1.82) is 0 Å². The molecule has 0 fully saturated rings. The number of aromatic nitrogens is 4. The van der Waals surface area contributed by atoms with E-state index in [0.29, 0.717) is 18.1 Å². The molecule has 3 rings (SSSR count). The van der Waals surface area contributed by atoms with Gasteiger partial charge in [-0.1, -0.05) is 18.2 Å². The highest BCUT2D eigenvalue weighted by atomic mass is 19.1. The van der Waals surface area contributed by atoms with Crippen molar-refractivity contribution in [2.24, 2.45) is 0 Å². The highest BCUT2D eigenvalue weighted by molar-refractivity contribution is 5.92. The van der Waals surface area contributed by atoms with Crippen molar-refractivity contribution in [3.8, 4) is 5.69 Å². The molecular weight excluding hydrogens is 323 g/mol. The van der Waals surface area contributed by atoms with E-state index in [1.54, 1.807) is 17.1 Å². The summed E-state index contributed by atoms with van der Waals surface area (Å²) >= 11 is 0. The van der Waals surface area contributed by atoms with Gasteiger partial charge in [0, 0.05) is 30.5 Å². The molecule has 25 heavy (non-hydrogen) atoms. The first-order chi connectivity index (χ1) is 12.1. The zero-order chi connectivity index (χ0) is 17.6. The number of carbonyl (C=O) groups excluding carboxylic acids is 1. The predicted octanol–water partition coefficient (Wildman–Crippen LogP) is 2.03. The number of benzene rings is 1. The van der Waals surface area contributed by atoms with Gasteiger partial charge in [0.1, 0.15) is 24.2 Å². The minimum Gasteiger partial charge on any atom is -0.366 e. The fourth-order valence-electron chi connectivity index (χ4n) is 2.23. The fraction of sp³-hybridized carbons (Fsp3) is 0.176. The number of nitrogens with one attached hydrogen (secondary N) is 2. The van der Waals surface area contributed by atoms with Crippen LogP contribution >= 0.6 is 0 Å². The van der Waals surface area contributed by atoms with Crippen LogP contribution in [0.5, 0.6) is 0 Å². The number of rotatable bonds is 6. The Labute approximate surface area is 144 Å². The van der Waals surface area contributed by atoms with Crippen LogP contribution in [0.25, 0.3) is 5.69 Å². The van der Waals surface area contributed by atoms with E-state index in [2.05, 4.69) is 25.6 Å². The Bertz CT molecular complexity index is 851. The second kappa shape index (κ2) is 7.52. The molecule has 0 spiro atoms. The summed E-state index contributed by atoms with van der Waals surface area (Å²) in [5.74, 6) is -0.528. The van der Waals surface area contributed by atoms with Crippen molar-refractivity contribution in [3.63, 3.8) is 0 Å². The van der Waals surface area contributed by atoms with Crippen molar-refractivity contribution in [1.82, 2.24) is 24.8 Å². The maximum atomic E-state index is 13.0. The third-order valence-electron chi connectivity index (χ3n) is 3.47. The molecule has 0 aliphatic rings. The molecule has 0 bridgehead atoms. The smallest absolute Gasteiger partial charge is 0.271 e. The van der Waals surface area contributed by atoms with Crippen molar-refractivity contribution in [2.45, 2.75) is 13.0 Å². The molecule has 0 aliphatic heterocycles. The van der Waals surface area contributed by atoms with E-state index in [4.69, 9.17) is 0 Å². The van der Waals surface area contributed by atoms with E-state index in [-0.39, 0.29) is 11.9 Å². The number of anilines is 1. The normalized spacial score (nSPS) is 11.8. The van der Waals surface area contributed by atoms with Crippen LogP contribution in [0.1, 0.15) is 17.4 Å². The highest BCUT2D eigenvalue weighted by Crippen LogP contribution is 2.08. The highest BCUT2D eigenvalue weighted by Gasteiger charge is 2.12. The van der Waals surface area contributed by atoms with Gasteiger partial charge in [0.15, 0.2) is 0 Å². The van der Waals surface area contributed by atoms with Gasteiger partial charge in [-0.2, -0.15) is 4.39 Å². The number of hydrogen-bond acceptors (Lipinski definition) is 5. The molecule has 1 atom stereocenters. The summed E-state index contributed by atoms with van der Waals surface area (Å²) in [5.41, 5.74) is 1.25. The third-order valence-corrected chi connectivity index (χ3v) is 3.47. The molecule has 0 aliphatic carbocycles. The predicted molar refractivity (Wildman–Crippen MR) is 91.0 cm³/mol. The lowest BCUT2D eigenvalue weighted by atomic mass is 10.3. The van der Waals surface area contributed by atoms with Gasteiger partial charge >= 0.3 is 0 Å². The number of nitrogens with zero attached hydrogens (tertiary/aromatic N) is 4. The molecule has 1 aromatic carbocycles. The number of imidazole rings is 1. The van der Waals surface area contributed by atoms with E-state index in [0.717, 1.165) is 12.0 Å². The van der Waals surface area contributed by atoms with Gasteiger partial charge in [0.2, 0.25) is 5.95 Å². The van der Waals surface area contributed by atoms with E-state index < -0.39 is 5.95 Å². The Morgan fingerprint density at radius 3 is 2.80 bits per heavy atom. The van der Waals surface area contributed by atoms with Crippen LogP contribution in [0.3, 0.4) is 0 Å². The lowest BCUT2D eigenvalue weighted by Gasteiger charge is -2.14. The quantitative estimate of drug-likeness (QED) is 0.671. The van der Waals surface area contributed by atoms with Crippen LogP contribution in [-0.4, -0.2) is 38.0 Å². The number of halogens is 1. The van der Waals surface area contributed by atoms with Crippen molar-refractivity contribution in [3.05, 3.63) is 66.9 Å². The first-order valence-corrected chi connectivity index (χ1v) is 7.73. The first kappa shape index (κ1) is 16.6. The molecule has 2 aromatic heterocycles. The van der Waals surface area contributed by atoms with Crippen molar-refractivity contribution >= 4 is 11.7 Å². The molecule has 3 aromatic rings. The lowest BCUT2D eigenvalue weighted by Crippen LogP contribution is -2.35. The number of amides is 1. The lowest BCUT2D eigenvalue weighted by molar-refractivity contribution is 0.0948. The molecule has 8 heteroatoms. The summed E-state index contributed by atoms with van der Waals surface area (Å²) in [6, 6.07) is 10.7. The summed E-state index contributed by atoms with van der Waals surface area (Å²) in [7, 11) is 0. The van der Waals surface area contributed by atoms with Crippen LogP contribution in [0.4, 0.5) is 10.2 Å². The van der Waals surface area contributed by atoms with E-state index in [1.165, 1.54) is 6.07 Å². The SMILES string of the molecule is CC(CNC(=O)c1cn(-c2ccccc2)cn1)Nc1cc(F)ncn1. The molecular formula is C17H17FN6O. The number of hydrogen-bond donors (Lipinski definition) is 2. The van der Waals surface area contributed by atoms with E-state index >= 15 is 0 Å².